The van der Waals surface area contributed by atoms with Crippen LogP contribution in [0, 0.1) is 0 Å². The zero-order valence-electron chi connectivity index (χ0n) is 17.1. The molecular weight excluding hydrogens is 384 g/mol. The molecule has 0 spiro atoms. The van der Waals surface area contributed by atoms with Crippen molar-refractivity contribution in [2.75, 3.05) is 26.4 Å². The highest BCUT2D eigenvalue weighted by molar-refractivity contribution is 7.98. The first-order valence-electron chi connectivity index (χ1n) is 9.86. The normalized spacial score (nSPS) is 11.3. The van der Waals surface area contributed by atoms with Gasteiger partial charge in [-0.1, -0.05) is 6.07 Å². The Morgan fingerprint density at radius 2 is 2.00 bits per heavy atom. The van der Waals surface area contributed by atoms with Crippen LogP contribution in [-0.4, -0.2) is 46.2 Å². The van der Waals surface area contributed by atoms with Crippen LogP contribution in [0.4, 0.5) is 0 Å². The van der Waals surface area contributed by atoms with Gasteiger partial charge in [0.2, 0.25) is 0 Å². The number of hydrogen-bond donors (Lipinski definition) is 1. The fourth-order valence-corrected chi connectivity index (χ4v) is 3.77. The molecule has 0 unspecified atom stereocenters. The standard InChI is InChI=1S/C22H28N4O2S/c1-26(2)11-9-19-7-8-20(28-19)16-29-12-4-6-21-24-15-18(22(27)25-21)13-17-5-3-10-23-14-17/h3,5,7-8,10,14-15H,4,6,9,11-13,16H2,1-2H3,(H,24,25,27). The Kier molecular flexibility index (Phi) is 8.07. The molecule has 0 saturated carbocycles. The average Bonchev–Trinajstić information content (AvgIpc) is 3.17. The molecule has 3 aromatic heterocycles. The number of thioether (sulfide) groups is 1. The molecule has 0 radical (unpaired) electrons. The maximum Gasteiger partial charge on any atom is 0.254 e. The van der Waals surface area contributed by atoms with Crippen LogP contribution in [0.5, 0.6) is 0 Å². The van der Waals surface area contributed by atoms with Crippen molar-refractivity contribution in [2.24, 2.45) is 0 Å². The molecule has 0 aliphatic carbocycles. The zero-order valence-corrected chi connectivity index (χ0v) is 17.9. The summed E-state index contributed by atoms with van der Waals surface area (Å²) >= 11 is 1.84. The summed E-state index contributed by atoms with van der Waals surface area (Å²) in [6, 6.07) is 7.97. The van der Waals surface area contributed by atoms with Gasteiger partial charge in [0.05, 0.1) is 5.75 Å². The lowest BCUT2D eigenvalue weighted by molar-refractivity contribution is 0.385. The van der Waals surface area contributed by atoms with Gasteiger partial charge in [-0.25, -0.2) is 4.98 Å². The molecule has 29 heavy (non-hydrogen) atoms. The van der Waals surface area contributed by atoms with Crippen molar-refractivity contribution >= 4 is 11.8 Å². The van der Waals surface area contributed by atoms with E-state index in [4.69, 9.17) is 4.42 Å². The van der Waals surface area contributed by atoms with Crippen LogP contribution in [0.15, 0.2) is 52.1 Å². The summed E-state index contributed by atoms with van der Waals surface area (Å²) < 4.78 is 5.86. The highest BCUT2D eigenvalue weighted by Gasteiger charge is 2.06. The quantitative estimate of drug-likeness (QED) is 0.487. The minimum Gasteiger partial charge on any atom is -0.465 e. The lowest BCUT2D eigenvalue weighted by atomic mass is 10.1. The van der Waals surface area contributed by atoms with Gasteiger partial charge in [-0.3, -0.25) is 9.78 Å². The van der Waals surface area contributed by atoms with Crippen molar-refractivity contribution in [3.8, 4) is 0 Å². The predicted molar refractivity (Wildman–Crippen MR) is 117 cm³/mol. The minimum atomic E-state index is -0.0626. The smallest absolute Gasteiger partial charge is 0.254 e. The van der Waals surface area contributed by atoms with Crippen molar-refractivity contribution in [1.82, 2.24) is 19.9 Å². The fourth-order valence-electron chi connectivity index (χ4n) is 2.92. The Balaban J connectivity index is 1.38. The maximum atomic E-state index is 12.3. The third kappa shape index (κ3) is 7.18. The minimum absolute atomic E-state index is 0.0626. The first-order valence-corrected chi connectivity index (χ1v) is 11.0. The van der Waals surface area contributed by atoms with Crippen LogP contribution < -0.4 is 5.56 Å². The van der Waals surface area contributed by atoms with Crippen molar-refractivity contribution in [3.63, 3.8) is 0 Å². The van der Waals surface area contributed by atoms with Crippen LogP contribution in [0.3, 0.4) is 0 Å². The second-order valence-electron chi connectivity index (χ2n) is 7.30. The van der Waals surface area contributed by atoms with E-state index in [9.17, 15) is 4.79 Å². The number of furan rings is 1. The molecule has 0 fully saturated rings. The van der Waals surface area contributed by atoms with Gasteiger partial charge in [-0.15, -0.1) is 0 Å². The Morgan fingerprint density at radius 3 is 2.76 bits per heavy atom. The number of H-pyrrole nitrogens is 1. The molecule has 7 heteroatoms. The van der Waals surface area contributed by atoms with Crippen LogP contribution in [0.25, 0.3) is 0 Å². The van der Waals surface area contributed by atoms with Gasteiger partial charge < -0.3 is 14.3 Å². The van der Waals surface area contributed by atoms with Crippen LogP contribution in [0.1, 0.15) is 34.9 Å². The van der Waals surface area contributed by atoms with Gasteiger partial charge in [0.25, 0.3) is 5.56 Å². The lowest BCUT2D eigenvalue weighted by Crippen LogP contribution is -2.16. The predicted octanol–water partition coefficient (Wildman–Crippen LogP) is 3.32. The van der Waals surface area contributed by atoms with Gasteiger partial charge in [0.1, 0.15) is 17.3 Å². The number of likely N-dealkylation sites (N-methyl/N-ethyl adjacent to an activating group) is 1. The second-order valence-corrected chi connectivity index (χ2v) is 8.40. The number of aromatic nitrogens is 3. The van der Waals surface area contributed by atoms with E-state index in [1.54, 1.807) is 18.6 Å². The number of hydrogen-bond acceptors (Lipinski definition) is 6. The van der Waals surface area contributed by atoms with Crippen molar-refractivity contribution in [3.05, 3.63) is 81.7 Å². The molecule has 0 amide bonds. The Bertz CT molecular complexity index is 937. The highest BCUT2D eigenvalue weighted by atomic mass is 32.2. The summed E-state index contributed by atoms with van der Waals surface area (Å²) in [6.07, 6.45) is 8.40. The van der Waals surface area contributed by atoms with Crippen LogP contribution in [-0.2, 0) is 25.0 Å². The van der Waals surface area contributed by atoms with E-state index in [0.717, 1.165) is 60.2 Å². The van der Waals surface area contributed by atoms with Crippen molar-refractivity contribution < 1.29 is 4.42 Å². The number of nitrogens with zero attached hydrogens (tertiary/aromatic N) is 3. The SMILES string of the molecule is CN(C)CCc1ccc(CSCCCc2ncc(Cc3cccnc3)c(=O)[nH]2)o1. The van der Waals surface area contributed by atoms with E-state index in [2.05, 4.69) is 46.1 Å². The largest absolute Gasteiger partial charge is 0.465 e. The molecule has 0 aliphatic rings. The third-order valence-electron chi connectivity index (χ3n) is 4.51. The Morgan fingerprint density at radius 1 is 1.14 bits per heavy atom. The molecule has 1 N–H and O–H groups in total. The molecular formula is C22H28N4O2S. The molecule has 3 heterocycles. The first kappa shape index (κ1) is 21.3. The Hall–Kier alpha value is -2.38. The number of aryl methyl sites for hydroxylation is 1. The number of aromatic amines is 1. The Labute approximate surface area is 175 Å². The van der Waals surface area contributed by atoms with E-state index in [1.165, 1.54) is 0 Å². The topological polar surface area (TPSA) is 75.0 Å². The first-order chi connectivity index (χ1) is 14.1. The molecule has 154 valence electrons. The van der Waals surface area contributed by atoms with Crippen LogP contribution >= 0.6 is 11.8 Å². The summed E-state index contributed by atoms with van der Waals surface area (Å²) in [7, 11) is 4.13. The van der Waals surface area contributed by atoms with E-state index >= 15 is 0 Å². The summed E-state index contributed by atoms with van der Waals surface area (Å²) in [4.78, 5) is 25.8. The highest BCUT2D eigenvalue weighted by Crippen LogP contribution is 2.17. The average molecular weight is 413 g/mol. The summed E-state index contributed by atoms with van der Waals surface area (Å²) in [5.41, 5.74) is 1.61. The summed E-state index contributed by atoms with van der Waals surface area (Å²) in [5.74, 6) is 4.68. The molecule has 0 aromatic carbocycles. The van der Waals surface area contributed by atoms with Gasteiger partial charge in [-0.2, -0.15) is 11.8 Å². The zero-order chi connectivity index (χ0) is 20.5. The van der Waals surface area contributed by atoms with E-state index in [1.807, 2.05) is 23.9 Å². The molecule has 0 atom stereocenters. The van der Waals surface area contributed by atoms with Gasteiger partial charge in [0.15, 0.2) is 0 Å². The number of nitrogens with one attached hydrogen (secondary N) is 1. The fraction of sp³-hybridized carbons (Fsp3) is 0.409. The number of pyridine rings is 1. The van der Waals surface area contributed by atoms with Gasteiger partial charge in [-0.05, 0) is 50.0 Å². The molecule has 6 nitrogen and oxygen atoms in total. The second kappa shape index (κ2) is 11.0. The van der Waals surface area contributed by atoms with Gasteiger partial charge in [0, 0.05) is 50.0 Å². The van der Waals surface area contributed by atoms with Gasteiger partial charge >= 0.3 is 0 Å². The third-order valence-corrected chi connectivity index (χ3v) is 5.58. The van der Waals surface area contributed by atoms with E-state index in [0.29, 0.717) is 12.0 Å². The molecule has 3 rings (SSSR count). The van der Waals surface area contributed by atoms with Crippen molar-refractivity contribution in [2.45, 2.75) is 31.4 Å². The molecule has 3 aromatic rings. The van der Waals surface area contributed by atoms with E-state index < -0.39 is 0 Å². The van der Waals surface area contributed by atoms with Crippen LogP contribution in [0.2, 0.25) is 0 Å². The van der Waals surface area contributed by atoms with E-state index in [-0.39, 0.29) is 5.56 Å². The molecule has 0 aliphatic heterocycles. The number of rotatable bonds is 11. The molecule has 0 bridgehead atoms. The summed E-state index contributed by atoms with van der Waals surface area (Å²) in [6.45, 7) is 0.992. The molecule has 0 saturated heterocycles. The lowest BCUT2D eigenvalue weighted by Gasteiger charge is -2.06. The maximum absolute atomic E-state index is 12.3. The monoisotopic (exact) mass is 412 g/mol. The van der Waals surface area contributed by atoms with Crippen molar-refractivity contribution in [1.29, 1.82) is 0 Å². The summed E-state index contributed by atoms with van der Waals surface area (Å²) in [5, 5.41) is 0.